The van der Waals surface area contributed by atoms with Crippen molar-refractivity contribution < 1.29 is 17.4 Å². The third kappa shape index (κ3) is 7.56. The molecule has 0 radical (unpaired) electrons. The van der Waals surface area contributed by atoms with Crippen molar-refractivity contribution >= 4 is 40.6 Å². The quantitative estimate of drug-likeness (QED) is 0.173. The van der Waals surface area contributed by atoms with Crippen LogP contribution in [0.15, 0.2) is 91.5 Å². The summed E-state index contributed by atoms with van der Waals surface area (Å²) in [4.78, 5) is 28.1. The minimum atomic E-state index is -0.805. The van der Waals surface area contributed by atoms with Gasteiger partial charge in [0.25, 0.3) is 0 Å². The number of aryl methyl sites for hydroxylation is 1. The molecule has 3 rings (SSSR count). The van der Waals surface area contributed by atoms with Crippen LogP contribution in [0, 0.1) is 6.92 Å². The summed E-state index contributed by atoms with van der Waals surface area (Å²) in [6.45, 7) is 5.99. The van der Waals surface area contributed by atoms with Crippen molar-refractivity contribution in [2.75, 3.05) is 18.6 Å². The zero-order valence-corrected chi connectivity index (χ0v) is 22.5. The van der Waals surface area contributed by atoms with Gasteiger partial charge in [-0.3, -0.25) is 7.86 Å². The number of ether oxygens (including phenoxy) is 1. The highest BCUT2D eigenvalue weighted by Crippen LogP contribution is 2.22. The monoisotopic (exact) mass is 599 g/mol. The largest absolute Gasteiger partial charge is 0.490 e. The molecule has 3 amide bonds. The SMILES string of the molecule is C=CCOc1ccc(N(C)C(=O)[C@H](Cc2ccccc2)NC(=O)NC(OI)c2ccccc2C)cc1. The second kappa shape index (κ2) is 13.6. The number of rotatable bonds is 11. The van der Waals surface area contributed by atoms with Crippen molar-refractivity contribution in [3.05, 3.63) is 108 Å². The smallest absolute Gasteiger partial charge is 0.317 e. The van der Waals surface area contributed by atoms with Crippen molar-refractivity contribution in [3.63, 3.8) is 0 Å². The van der Waals surface area contributed by atoms with E-state index in [9.17, 15) is 9.59 Å². The number of hydrogen-bond donors (Lipinski definition) is 2. The molecule has 0 fully saturated rings. The summed E-state index contributed by atoms with van der Waals surface area (Å²) in [6.07, 6.45) is 1.33. The molecule has 0 spiro atoms. The van der Waals surface area contributed by atoms with Gasteiger partial charge in [-0.15, -0.1) is 0 Å². The lowest BCUT2D eigenvalue weighted by Crippen LogP contribution is -2.52. The number of nitrogens with zero attached hydrogens (tertiary/aromatic N) is 1. The third-order valence-electron chi connectivity index (χ3n) is 5.63. The Balaban J connectivity index is 1.76. The van der Waals surface area contributed by atoms with Gasteiger partial charge in [-0.25, -0.2) is 4.79 Å². The molecule has 0 saturated carbocycles. The molecule has 0 aliphatic rings. The molecule has 188 valence electrons. The highest BCUT2D eigenvalue weighted by Gasteiger charge is 2.27. The van der Waals surface area contributed by atoms with Gasteiger partial charge in [0.05, 0.1) is 0 Å². The molecule has 0 aromatic heterocycles. The van der Waals surface area contributed by atoms with Crippen LogP contribution in [0.2, 0.25) is 0 Å². The number of halogens is 1. The van der Waals surface area contributed by atoms with Crippen LogP contribution in [0.25, 0.3) is 0 Å². The fourth-order valence-corrected chi connectivity index (χ4v) is 4.08. The molecule has 7 nitrogen and oxygen atoms in total. The van der Waals surface area contributed by atoms with Crippen LogP contribution in [-0.2, 0) is 14.3 Å². The molecular weight excluding hydrogens is 569 g/mol. The normalized spacial score (nSPS) is 12.2. The van der Waals surface area contributed by atoms with Crippen LogP contribution in [-0.4, -0.2) is 31.6 Å². The number of amides is 3. The third-order valence-corrected chi connectivity index (χ3v) is 6.14. The maximum absolute atomic E-state index is 13.5. The highest BCUT2D eigenvalue weighted by atomic mass is 127. The molecule has 2 N–H and O–H groups in total. The first kappa shape index (κ1) is 27.2. The summed E-state index contributed by atoms with van der Waals surface area (Å²) in [7, 11) is 1.68. The predicted molar refractivity (Wildman–Crippen MR) is 150 cm³/mol. The lowest BCUT2D eigenvalue weighted by Gasteiger charge is -2.26. The first-order chi connectivity index (χ1) is 17.4. The van der Waals surface area contributed by atoms with Crippen LogP contribution in [0.1, 0.15) is 22.9 Å². The van der Waals surface area contributed by atoms with Gasteiger partial charge in [0.1, 0.15) is 41.4 Å². The maximum atomic E-state index is 13.5. The van der Waals surface area contributed by atoms with Crippen molar-refractivity contribution in [2.24, 2.45) is 0 Å². The molecule has 3 aromatic rings. The number of anilines is 1. The van der Waals surface area contributed by atoms with Gasteiger partial charge in [0.15, 0.2) is 6.23 Å². The van der Waals surface area contributed by atoms with Gasteiger partial charge in [-0.2, -0.15) is 0 Å². The number of hydrogen-bond acceptors (Lipinski definition) is 4. The second-order valence-electron chi connectivity index (χ2n) is 8.18. The minimum Gasteiger partial charge on any atom is -0.490 e. The maximum Gasteiger partial charge on any atom is 0.317 e. The van der Waals surface area contributed by atoms with E-state index in [2.05, 4.69) is 17.2 Å². The predicted octanol–water partition coefficient (Wildman–Crippen LogP) is 5.50. The average molecular weight is 599 g/mol. The summed E-state index contributed by atoms with van der Waals surface area (Å²) in [5.74, 6) is 0.426. The summed E-state index contributed by atoms with van der Waals surface area (Å²) in [5, 5.41) is 5.67. The number of carbonyl (C=O) groups is 2. The van der Waals surface area contributed by atoms with Gasteiger partial charge >= 0.3 is 6.03 Å². The topological polar surface area (TPSA) is 79.9 Å². The average Bonchev–Trinajstić information content (AvgIpc) is 2.90. The van der Waals surface area contributed by atoms with E-state index in [-0.39, 0.29) is 5.91 Å². The van der Waals surface area contributed by atoms with Crippen molar-refractivity contribution in [1.82, 2.24) is 10.6 Å². The zero-order chi connectivity index (χ0) is 25.9. The van der Waals surface area contributed by atoms with Crippen molar-refractivity contribution in [1.29, 1.82) is 0 Å². The zero-order valence-electron chi connectivity index (χ0n) is 20.3. The summed E-state index contributed by atoms with van der Waals surface area (Å²) < 4.78 is 11.0. The van der Waals surface area contributed by atoms with Crippen LogP contribution in [0.5, 0.6) is 5.75 Å². The van der Waals surface area contributed by atoms with Crippen LogP contribution in [0.3, 0.4) is 0 Å². The fraction of sp³-hybridized carbons (Fsp3) is 0.214. The standard InChI is InChI=1S/C28H30IN3O4/c1-4-18-35-23-16-14-22(15-17-23)32(3)27(33)25(19-21-11-6-5-7-12-21)30-28(34)31-26(36-29)24-13-9-8-10-20(24)2/h4-17,25-26H,1,18-19H2,2-3H3,(H2,30,31,34)/t25-,26?/m0/s1. The van der Waals surface area contributed by atoms with E-state index in [0.717, 1.165) is 16.7 Å². The van der Waals surface area contributed by atoms with Crippen molar-refractivity contribution in [3.8, 4) is 5.75 Å². The van der Waals surface area contributed by atoms with E-state index in [4.69, 9.17) is 7.80 Å². The first-order valence-electron chi connectivity index (χ1n) is 11.5. The molecule has 1 unspecified atom stereocenters. The fourth-order valence-electron chi connectivity index (χ4n) is 3.68. The summed E-state index contributed by atoms with van der Waals surface area (Å²) in [6, 6.07) is 23.1. The van der Waals surface area contributed by atoms with Crippen molar-refractivity contribution in [2.45, 2.75) is 25.6 Å². The van der Waals surface area contributed by atoms with Crippen LogP contribution in [0.4, 0.5) is 10.5 Å². The molecule has 0 bridgehead atoms. The molecule has 36 heavy (non-hydrogen) atoms. The van der Waals surface area contributed by atoms with Gasteiger partial charge in [0.2, 0.25) is 5.91 Å². The van der Waals surface area contributed by atoms with Crippen LogP contribution >= 0.6 is 23.0 Å². The molecule has 2 atom stereocenters. The molecule has 8 heteroatoms. The Hall–Kier alpha value is -3.37. The Labute approximate surface area is 226 Å². The Kier molecular flexibility index (Phi) is 10.3. The Morgan fingerprint density at radius 3 is 2.31 bits per heavy atom. The molecular formula is C28H30IN3O4. The highest BCUT2D eigenvalue weighted by molar-refractivity contribution is 14.1. The van der Waals surface area contributed by atoms with Crippen LogP contribution < -0.4 is 20.3 Å². The van der Waals surface area contributed by atoms with E-state index in [0.29, 0.717) is 24.5 Å². The lowest BCUT2D eigenvalue weighted by molar-refractivity contribution is -0.120. The van der Waals surface area contributed by atoms with E-state index in [1.54, 1.807) is 60.4 Å². The van der Waals surface area contributed by atoms with Gasteiger partial charge in [0, 0.05) is 24.7 Å². The number of benzene rings is 3. The molecule has 3 aromatic carbocycles. The molecule has 0 saturated heterocycles. The summed E-state index contributed by atoms with van der Waals surface area (Å²) in [5.41, 5.74) is 3.43. The number of likely N-dealkylation sites (N-methyl/N-ethyl adjacent to an activating group) is 1. The Bertz CT molecular complexity index is 1150. The van der Waals surface area contributed by atoms with E-state index in [1.165, 1.54) is 4.90 Å². The number of urea groups is 1. The van der Waals surface area contributed by atoms with Gasteiger partial charge in [-0.05, 0) is 42.3 Å². The molecule has 0 heterocycles. The number of nitrogens with one attached hydrogen (secondary N) is 2. The first-order valence-corrected chi connectivity index (χ1v) is 12.4. The molecule has 0 aliphatic carbocycles. The lowest BCUT2D eigenvalue weighted by atomic mass is 10.0. The summed E-state index contributed by atoms with van der Waals surface area (Å²) >= 11 is 1.76. The second-order valence-corrected chi connectivity index (χ2v) is 8.69. The molecule has 0 aliphatic heterocycles. The van der Waals surface area contributed by atoms with E-state index in [1.807, 2.05) is 61.5 Å². The Morgan fingerprint density at radius 1 is 1.00 bits per heavy atom. The Morgan fingerprint density at radius 2 is 1.67 bits per heavy atom. The number of carbonyl (C=O) groups excluding carboxylic acids is 2. The van der Waals surface area contributed by atoms with E-state index < -0.39 is 18.3 Å². The van der Waals surface area contributed by atoms with Gasteiger partial charge < -0.3 is 20.3 Å². The van der Waals surface area contributed by atoms with E-state index >= 15 is 0 Å². The minimum absolute atomic E-state index is 0.253. The van der Waals surface area contributed by atoms with Gasteiger partial charge in [-0.1, -0.05) is 67.3 Å².